The number of halogens is 6. The van der Waals surface area contributed by atoms with Crippen LogP contribution in [0.3, 0.4) is 0 Å². The first-order valence-electron chi connectivity index (χ1n) is 11.7. The van der Waals surface area contributed by atoms with Gasteiger partial charge in [0.1, 0.15) is 18.4 Å². The van der Waals surface area contributed by atoms with Crippen molar-refractivity contribution in [2.75, 3.05) is 0 Å². The molecule has 1 unspecified atom stereocenters. The Balaban J connectivity index is 1.39. The Morgan fingerprint density at radius 1 is 0.921 bits per heavy atom. The third-order valence-corrected chi connectivity index (χ3v) is 7.60. The van der Waals surface area contributed by atoms with Gasteiger partial charge in [-0.15, -0.1) is 0 Å². The molecule has 0 aliphatic heterocycles. The van der Waals surface area contributed by atoms with Gasteiger partial charge in [0.15, 0.2) is 0 Å². The van der Waals surface area contributed by atoms with Gasteiger partial charge < -0.3 is 15.2 Å². The van der Waals surface area contributed by atoms with Crippen LogP contribution in [0.2, 0.25) is 0 Å². The molecule has 1 amide bonds. The molecule has 200 valence electrons. The van der Waals surface area contributed by atoms with Gasteiger partial charge >= 0.3 is 18.3 Å². The standard InChI is InChI=1S/C27H21F6NO4/c28-26(29,30)17-8-5-15(6-9-17)11-38-20-18-4-2-1-3-16(18)7-10-19(20)22(35)34-21(23(36)37)24-12-25(13-24,14-24)27(31,32)33/h1-10,21H,11-14H2,(H,34,35)(H,36,37). The maximum Gasteiger partial charge on any atom is 0.416 e. The van der Waals surface area contributed by atoms with E-state index >= 15 is 0 Å². The van der Waals surface area contributed by atoms with Gasteiger partial charge in [-0.25, -0.2) is 4.79 Å². The summed E-state index contributed by atoms with van der Waals surface area (Å²) >= 11 is 0. The first kappa shape index (κ1) is 25.9. The molecule has 11 heteroatoms. The quantitative estimate of drug-likeness (QED) is 0.345. The number of aliphatic carboxylic acids is 1. The molecule has 2 N–H and O–H groups in total. The number of hydrogen-bond donors (Lipinski definition) is 2. The Morgan fingerprint density at radius 3 is 2.13 bits per heavy atom. The SMILES string of the molecule is O=C(NC(C(=O)O)C12CC(C(F)(F)F)(C1)C2)c1ccc2ccccc2c1OCc1ccc(C(F)(F)F)cc1. The number of carbonyl (C=O) groups is 2. The summed E-state index contributed by atoms with van der Waals surface area (Å²) < 4.78 is 84.3. The zero-order valence-corrected chi connectivity index (χ0v) is 19.6. The Hall–Kier alpha value is -3.76. The number of carboxylic acids is 1. The molecule has 3 aliphatic rings. The number of benzene rings is 3. The molecular formula is C27H21F6NO4. The number of ether oxygens (including phenoxy) is 1. The van der Waals surface area contributed by atoms with E-state index in [1.807, 2.05) is 0 Å². The van der Waals surface area contributed by atoms with Gasteiger partial charge in [-0.2, -0.15) is 26.3 Å². The van der Waals surface area contributed by atoms with Gasteiger partial charge in [-0.3, -0.25) is 4.79 Å². The summed E-state index contributed by atoms with van der Waals surface area (Å²) in [6.45, 7) is -0.188. The lowest BCUT2D eigenvalue weighted by atomic mass is 9.33. The van der Waals surface area contributed by atoms with Crippen molar-refractivity contribution >= 4 is 22.6 Å². The normalized spacial score (nSPS) is 23.2. The highest BCUT2D eigenvalue weighted by atomic mass is 19.4. The Bertz CT molecular complexity index is 1390. The summed E-state index contributed by atoms with van der Waals surface area (Å²) in [5.74, 6) is -2.19. The molecule has 0 radical (unpaired) electrons. The molecular weight excluding hydrogens is 516 g/mol. The fraction of sp³-hybridized carbons (Fsp3) is 0.333. The number of carboxylic acid groups (broad SMARTS) is 1. The van der Waals surface area contributed by atoms with E-state index in [1.165, 1.54) is 18.2 Å². The number of rotatable bonds is 7. The topological polar surface area (TPSA) is 75.6 Å². The minimum absolute atomic E-state index is 0.0426. The third-order valence-electron chi connectivity index (χ3n) is 7.60. The van der Waals surface area contributed by atoms with Gasteiger partial charge in [-0.1, -0.05) is 42.5 Å². The fourth-order valence-corrected chi connectivity index (χ4v) is 5.68. The first-order valence-corrected chi connectivity index (χ1v) is 11.7. The van der Waals surface area contributed by atoms with E-state index in [2.05, 4.69) is 5.32 Å². The lowest BCUT2D eigenvalue weighted by Gasteiger charge is -2.72. The van der Waals surface area contributed by atoms with Gasteiger partial charge in [0.25, 0.3) is 5.91 Å². The lowest BCUT2D eigenvalue weighted by Crippen LogP contribution is -2.75. The molecule has 3 aromatic carbocycles. The number of nitrogens with one attached hydrogen (secondary N) is 1. The average molecular weight is 537 g/mol. The zero-order valence-electron chi connectivity index (χ0n) is 19.6. The van der Waals surface area contributed by atoms with E-state index in [1.54, 1.807) is 30.3 Å². The highest BCUT2D eigenvalue weighted by Gasteiger charge is 2.81. The fourth-order valence-electron chi connectivity index (χ4n) is 5.68. The molecule has 0 heterocycles. The second kappa shape index (κ2) is 8.64. The molecule has 0 aromatic heterocycles. The van der Waals surface area contributed by atoms with Crippen molar-refractivity contribution < 1.29 is 45.8 Å². The number of amides is 1. The smallest absolute Gasteiger partial charge is 0.416 e. The zero-order chi connectivity index (χ0) is 27.5. The molecule has 0 saturated heterocycles. The molecule has 3 fully saturated rings. The average Bonchev–Trinajstić information content (AvgIpc) is 2.78. The summed E-state index contributed by atoms with van der Waals surface area (Å²) in [4.78, 5) is 25.3. The third kappa shape index (κ3) is 4.23. The van der Waals surface area contributed by atoms with Gasteiger partial charge in [0.05, 0.1) is 16.5 Å². The second-order valence-electron chi connectivity index (χ2n) is 10.1. The number of alkyl halides is 6. The maximum atomic E-state index is 13.3. The number of carbonyl (C=O) groups excluding carboxylic acids is 1. The second-order valence-corrected chi connectivity index (χ2v) is 10.1. The summed E-state index contributed by atoms with van der Waals surface area (Å²) in [5, 5.41) is 13.3. The van der Waals surface area contributed by atoms with Crippen molar-refractivity contribution in [3.63, 3.8) is 0 Å². The van der Waals surface area contributed by atoms with Crippen LogP contribution in [0.1, 0.15) is 40.7 Å². The van der Waals surface area contributed by atoms with Gasteiger partial charge in [0, 0.05) is 10.8 Å². The molecule has 6 rings (SSSR count). The highest BCUT2D eigenvalue weighted by molar-refractivity contribution is 6.05. The van der Waals surface area contributed by atoms with E-state index < -0.39 is 46.7 Å². The van der Waals surface area contributed by atoms with Crippen LogP contribution in [0.4, 0.5) is 26.3 Å². The summed E-state index contributed by atoms with van der Waals surface area (Å²) in [6.07, 6.45) is -10.0. The molecule has 2 bridgehead atoms. The molecule has 5 nitrogen and oxygen atoms in total. The van der Waals surface area contributed by atoms with Crippen LogP contribution in [0, 0.1) is 10.8 Å². The number of hydrogen-bond acceptors (Lipinski definition) is 3. The lowest BCUT2D eigenvalue weighted by molar-refractivity contribution is -0.367. The molecule has 0 spiro atoms. The molecule has 3 aliphatic carbocycles. The van der Waals surface area contributed by atoms with Crippen LogP contribution in [0.15, 0.2) is 60.7 Å². The first-order chi connectivity index (χ1) is 17.7. The monoisotopic (exact) mass is 537 g/mol. The Morgan fingerprint density at radius 2 is 1.55 bits per heavy atom. The van der Waals surface area contributed by atoms with E-state index in [9.17, 15) is 41.0 Å². The molecule has 3 aromatic rings. The minimum Gasteiger partial charge on any atom is -0.487 e. The predicted octanol–water partition coefficient (Wildman–Crippen LogP) is 6.35. The van der Waals surface area contributed by atoms with Crippen molar-refractivity contribution in [1.29, 1.82) is 0 Å². The van der Waals surface area contributed by atoms with E-state index in [0.717, 1.165) is 12.1 Å². The van der Waals surface area contributed by atoms with Crippen molar-refractivity contribution in [2.24, 2.45) is 10.8 Å². The van der Waals surface area contributed by atoms with E-state index in [-0.39, 0.29) is 37.2 Å². The summed E-state index contributed by atoms with van der Waals surface area (Å²) in [6, 6.07) is 12.7. The van der Waals surface area contributed by atoms with Gasteiger partial charge in [-0.05, 0) is 48.4 Å². The van der Waals surface area contributed by atoms with Crippen LogP contribution in [0.5, 0.6) is 5.75 Å². The van der Waals surface area contributed by atoms with Crippen LogP contribution in [-0.2, 0) is 17.6 Å². The minimum atomic E-state index is -4.50. The van der Waals surface area contributed by atoms with Crippen LogP contribution < -0.4 is 10.1 Å². The highest BCUT2D eigenvalue weighted by Crippen LogP contribution is 2.79. The molecule has 3 saturated carbocycles. The van der Waals surface area contributed by atoms with Crippen molar-refractivity contribution in [1.82, 2.24) is 5.32 Å². The Kier molecular flexibility index (Phi) is 5.88. The molecule has 38 heavy (non-hydrogen) atoms. The van der Waals surface area contributed by atoms with Crippen LogP contribution >= 0.6 is 0 Å². The van der Waals surface area contributed by atoms with Crippen LogP contribution in [-0.4, -0.2) is 29.2 Å². The van der Waals surface area contributed by atoms with E-state index in [0.29, 0.717) is 16.3 Å². The largest absolute Gasteiger partial charge is 0.487 e. The molecule has 1 atom stereocenters. The van der Waals surface area contributed by atoms with Gasteiger partial charge in [0.2, 0.25) is 0 Å². The number of fused-ring (bicyclic) bond motifs is 1. The van der Waals surface area contributed by atoms with Crippen molar-refractivity contribution in [3.8, 4) is 5.75 Å². The van der Waals surface area contributed by atoms with Crippen LogP contribution in [0.25, 0.3) is 10.8 Å². The van der Waals surface area contributed by atoms with E-state index in [4.69, 9.17) is 4.74 Å². The Labute approximate surface area is 212 Å². The predicted molar refractivity (Wildman–Crippen MR) is 123 cm³/mol. The van der Waals surface area contributed by atoms with Crippen molar-refractivity contribution in [2.45, 2.75) is 44.3 Å². The summed E-state index contributed by atoms with van der Waals surface area (Å²) in [7, 11) is 0. The summed E-state index contributed by atoms with van der Waals surface area (Å²) in [5.41, 5.74) is -3.53. The maximum absolute atomic E-state index is 13.3. The van der Waals surface area contributed by atoms with Crippen molar-refractivity contribution in [3.05, 3.63) is 77.4 Å².